The van der Waals surface area contributed by atoms with Crippen LogP contribution < -0.4 is 0 Å². The van der Waals surface area contributed by atoms with E-state index in [2.05, 4.69) is 18.9 Å². The van der Waals surface area contributed by atoms with Crippen LogP contribution in [0.15, 0.2) is 0 Å². The predicted octanol–water partition coefficient (Wildman–Crippen LogP) is 1.42. The molecule has 0 saturated carbocycles. The maximum absolute atomic E-state index is 10.9. The molecule has 2 bridgehead atoms. The van der Waals surface area contributed by atoms with Crippen molar-refractivity contribution in [3.8, 4) is 0 Å². The Balaban J connectivity index is 2.00. The Morgan fingerprint density at radius 3 is 2.64 bits per heavy atom. The van der Waals surface area contributed by atoms with Crippen molar-refractivity contribution in [2.45, 2.75) is 51.3 Å². The minimum atomic E-state index is -0.133. The summed E-state index contributed by atoms with van der Waals surface area (Å²) in [4.78, 5) is 13.3. The summed E-state index contributed by atoms with van der Waals surface area (Å²) in [5.41, 5.74) is 0. The van der Waals surface area contributed by atoms with Crippen LogP contribution >= 0.6 is 0 Å². The highest BCUT2D eigenvalue weighted by Crippen LogP contribution is 2.39. The van der Waals surface area contributed by atoms with Crippen LogP contribution in [0.4, 0.5) is 0 Å². The fraction of sp³-hybridized carbons (Fsp3) is 0.909. The lowest BCUT2D eigenvalue weighted by Gasteiger charge is -2.36. The number of piperidine rings is 1. The summed E-state index contributed by atoms with van der Waals surface area (Å²) in [5.74, 6) is 0.622. The summed E-state index contributed by atoms with van der Waals surface area (Å²) in [6.45, 7) is 3.81. The van der Waals surface area contributed by atoms with Gasteiger partial charge in [-0.15, -0.1) is 0 Å². The third-order valence-electron chi connectivity index (χ3n) is 3.77. The third kappa shape index (κ3) is 1.65. The van der Waals surface area contributed by atoms with Crippen molar-refractivity contribution in [2.24, 2.45) is 5.92 Å². The van der Waals surface area contributed by atoms with Crippen molar-refractivity contribution in [3.63, 3.8) is 0 Å². The minimum Gasteiger partial charge on any atom is -0.462 e. The van der Waals surface area contributed by atoms with Gasteiger partial charge in [-0.25, -0.2) is 0 Å². The number of carbonyl (C=O) groups excluding carboxylic acids is 1. The van der Waals surface area contributed by atoms with Gasteiger partial charge in [-0.1, -0.05) is 6.92 Å². The largest absolute Gasteiger partial charge is 0.462 e. The number of ether oxygens (including phenoxy) is 1. The van der Waals surface area contributed by atoms with Crippen LogP contribution in [0.2, 0.25) is 0 Å². The average Bonchev–Trinajstić information content (AvgIpc) is 2.29. The number of nitrogens with zero attached hydrogens (tertiary/aromatic N) is 1. The summed E-state index contributed by atoms with van der Waals surface area (Å²) in [6, 6.07) is 1.26. The van der Waals surface area contributed by atoms with E-state index in [9.17, 15) is 4.79 Å². The molecule has 80 valence electrons. The maximum atomic E-state index is 10.9. The molecule has 14 heavy (non-hydrogen) atoms. The fourth-order valence-corrected chi connectivity index (χ4v) is 3.09. The van der Waals surface area contributed by atoms with Crippen LogP contribution in [-0.4, -0.2) is 36.1 Å². The molecule has 0 aromatic carbocycles. The molecule has 0 amide bonds. The van der Waals surface area contributed by atoms with Gasteiger partial charge in [0.15, 0.2) is 0 Å². The second kappa shape index (κ2) is 3.54. The van der Waals surface area contributed by atoms with Gasteiger partial charge >= 0.3 is 5.97 Å². The lowest BCUT2D eigenvalue weighted by atomic mass is 9.98. The maximum Gasteiger partial charge on any atom is 0.302 e. The van der Waals surface area contributed by atoms with E-state index >= 15 is 0 Å². The Bertz CT molecular complexity index is 241. The number of carbonyl (C=O) groups is 1. The molecule has 2 heterocycles. The number of rotatable bonds is 1. The molecule has 2 fully saturated rings. The third-order valence-corrected chi connectivity index (χ3v) is 3.77. The molecule has 3 heteroatoms. The van der Waals surface area contributed by atoms with E-state index in [1.807, 2.05) is 0 Å². The van der Waals surface area contributed by atoms with Crippen LogP contribution in [-0.2, 0) is 9.53 Å². The van der Waals surface area contributed by atoms with Crippen LogP contribution in [0, 0.1) is 5.92 Å². The highest BCUT2D eigenvalue weighted by atomic mass is 16.5. The van der Waals surface area contributed by atoms with E-state index in [4.69, 9.17) is 4.74 Å². The Labute approximate surface area is 85.4 Å². The van der Waals surface area contributed by atoms with Crippen molar-refractivity contribution in [1.29, 1.82) is 0 Å². The predicted molar refractivity (Wildman–Crippen MR) is 53.9 cm³/mol. The first kappa shape index (κ1) is 9.97. The molecule has 0 aromatic rings. The van der Waals surface area contributed by atoms with E-state index in [0.717, 1.165) is 18.8 Å². The average molecular weight is 197 g/mol. The molecule has 0 N–H and O–H groups in total. The van der Waals surface area contributed by atoms with Gasteiger partial charge in [0.1, 0.15) is 6.10 Å². The normalized spacial score (nSPS) is 42.5. The Morgan fingerprint density at radius 1 is 1.36 bits per heavy atom. The summed E-state index contributed by atoms with van der Waals surface area (Å²) in [7, 11) is 2.20. The second-order valence-corrected chi connectivity index (χ2v) is 4.80. The molecule has 4 atom stereocenters. The smallest absolute Gasteiger partial charge is 0.302 e. The summed E-state index contributed by atoms with van der Waals surface area (Å²) >= 11 is 0. The molecule has 2 aliphatic rings. The molecule has 0 aromatic heterocycles. The first-order valence-electron chi connectivity index (χ1n) is 5.47. The molecule has 3 nitrogen and oxygen atoms in total. The first-order valence-corrected chi connectivity index (χ1v) is 5.47. The second-order valence-electron chi connectivity index (χ2n) is 4.80. The van der Waals surface area contributed by atoms with Gasteiger partial charge in [0, 0.05) is 31.8 Å². The standard InChI is InChI=1S/C11H19NO2/c1-7-4-9-5-10(14-8(2)13)6-11(7)12(9)3/h7,9-11H,4-6H2,1-3H3. The quantitative estimate of drug-likeness (QED) is 0.595. The Hall–Kier alpha value is -0.570. The molecule has 2 saturated heterocycles. The van der Waals surface area contributed by atoms with Gasteiger partial charge in [-0.3, -0.25) is 9.69 Å². The van der Waals surface area contributed by atoms with Crippen molar-refractivity contribution in [1.82, 2.24) is 4.90 Å². The topological polar surface area (TPSA) is 29.5 Å². The van der Waals surface area contributed by atoms with E-state index < -0.39 is 0 Å². The van der Waals surface area contributed by atoms with Crippen molar-refractivity contribution in [3.05, 3.63) is 0 Å². The molecule has 2 aliphatic heterocycles. The first-order chi connectivity index (χ1) is 6.58. The number of hydrogen-bond acceptors (Lipinski definition) is 3. The van der Waals surface area contributed by atoms with Crippen molar-refractivity contribution in [2.75, 3.05) is 7.05 Å². The molecule has 0 spiro atoms. The number of hydrogen-bond donors (Lipinski definition) is 0. The van der Waals surface area contributed by atoms with Gasteiger partial charge in [0.25, 0.3) is 0 Å². The number of esters is 1. The Kier molecular flexibility index (Phi) is 2.52. The summed E-state index contributed by atoms with van der Waals surface area (Å²) in [6.07, 6.45) is 3.48. The van der Waals surface area contributed by atoms with Gasteiger partial charge in [-0.05, 0) is 19.4 Å². The van der Waals surface area contributed by atoms with E-state index in [0.29, 0.717) is 12.1 Å². The van der Waals surface area contributed by atoms with Crippen LogP contribution in [0.5, 0.6) is 0 Å². The van der Waals surface area contributed by atoms with Gasteiger partial charge in [-0.2, -0.15) is 0 Å². The molecular weight excluding hydrogens is 178 g/mol. The molecule has 2 rings (SSSR count). The monoisotopic (exact) mass is 197 g/mol. The minimum absolute atomic E-state index is 0.133. The number of fused-ring (bicyclic) bond motifs is 2. The van der Waals surface area contributed by atoms with Crippen molar-refractivity contribution < 1.29 is 9.53 Å². The Morgan fingerprint density at radius 2 is 2.07 bits per heavy atom. The molecule has 0 aliphatic carbocycles. The van der Waals surface area contributed by atoms with Crippen LogP contribution in [0.25, 0.3) is 0 Å². The van der Waals surface area contributed by atoms with E-state index in [1.165, 1.54) is 13.3 Å². The summed E-state index contributed by atoms with van der Waals surface area (Å²) in [5, 5.41) is 0. The van der Waals surface area contributed by atoms with E-state index in [-0.39, 0.29) is 12.1 Å². The highest BCUT2D eigenvalue weighted by Gasteiger charge is 2.43. The van der Waals surface area contributed by atoms with E-state index in [1.54, 1.807) is 0 Å². The van der Waals surface area contributed by atoms with Crippen LogP contribution in [0.1, 0.15) is 33.1 Å². The zero-order valence-electron chi connectivity index (χ0n) is 9.19. The SMILES string of the molecule is CC(=O)OC1CC2CC(C)C(C1)N2C. The highest BCUT2D eigenvalue weighted by molar-refractivity contribution is 5.66. The molecular formula is C11H19NO2. The lowest BCUT2D eigenvalue weighted by molar-refractivity contribution is -0.149. The van der Waals surface area contributed by atoms with Crippen LogP contribution in [0.3, 0.4) is 0 Å². The van der Waals surface area contributed by atoms with Gasteiger partial charge in [0.05, 0.1) is 0 Å². The molecule has 4 unspecified atom stereocenters. The van der Waals surface area contributed by atoms with Crippen molar-refractivity contribution >= 4 is 5.97 Å². The lowest BCUT2D eigenvalue weighted by Crippen LogP contribution is -2.44. The van der Waals surface area contributed by atoms with Gasteiger partial charge < -0.3 is 4.74 Å². The van der Waals surface area contributed by atoms with Gasteiger partial charge in [0.2, 0.25) is 0 Å². The molecule has 0 radical (unpaired) electrons. The zero-order valence-corrected chi connectivity index (χ0v) is 9.19. The zero-order chi connectivity index (χ0) is 10.3. The summed E-state index contributed by atoms with van der Waals surface area (Å²) < 4.78 is 5.30. The fourth-order valence-electron chi connectivity index (χ4n) is 3.09.